The summed E-state index contributed by atoms with van der Waals surface area (Å²) in [4.78, 5) is 20.0. The summed E-state index contributed by atoms with van der Waals surface area (Å²) < 4.78 is 2.17. The number of hydrogen-bond acceptors (Lipinski definition) is 3. The molecule has 31 heavy (non-hydrogen) atoms. The van der Waals surface area contributed by atoms with Crippen LogP contribution in [0.1, 0.15) is 38.9 Å². The fraction of sp³-hybridized carbons (Fsp3) is 0.385. The molecule has 3 aromatic rings. The number of fused-ring (bicyclic) bond motifs is 1. The number of nitrogens with zero attached hydrogens (tertiary/aromatic N) is 3. The molecule has 0 aliphatic carbocycles. The number of piperidine rings is 1. The normalized spacial score (nSPS) is 15.2. The Labute approximate surface area is 184 Å². The van der Waals surface area contributed by atoms with E-state index in [1.807, 2.05) is 36.4 Å². The number of carbonyl (C=O) groups excluding carboxylic acids is 1. The van der Waals surface area contributed by atoms with Crippen LogP contribution >= 0.6 is 0 Å². The highest BCUT2D eigenvalue weighted by Crippen LogP contribution is 2.22. The van der Waals surface area contributed by atoms with Crippen molar-refractivity contribution in [3.8, 4) is 5.69 Å². The van der Waals surface area contributed by atoms with Gasteiger partial charge in [-0.05, 0) is 51.0 Å². The molecule has 0 unspecified atom stereocenters. The minimum absolute atomic E-state index is 0.120. The Kier molecular flexibility index (Phi) is 6.82. The molecule has 0 saturated carbocycles. The topological polar surface area (TPSA) is 50.2 Å². The van der Waals surface area contributed by atoms with Crippen molar-refractivity contribution in [3.05, 3.63) is 72.1 Å². The van der Waals surface area contributed by atoms with Gasteiger partial charge in [0.1, 0.15) is 5.82 Å². The SMILES string of the molecule is CC(C)=CCN1CCC(NC(=O)CCc2nc3ccccc3n2-c2ccccc2)CC1. The molecule has 1 aliphatic rings. The van der Waals surface area contributed by atoms with Crippen LogP contribution < -0.4 is 5.32 Å². The number of likely N-dealkylation sites (tertiary alicyclic amines) is 1. The lowest BCUT2D eigenvalue weighted by atomic mass is 10.0. The summed E-state index contributed by atoms with van der Waals surface area (Å²) >= 11 is 0. The van der Waals surface area contributed by atoms with Crippen molar-refractivity contribution in [1.29, 1.82) is 0 Å². The first-order valence-electron chi connectivity index (χ1n) is 11.3. The number of allylic oxidation sites excluding steroid dienone is 1. The van der Waals surface area contributed by atoms with Crippen molar-refractivity contribution in [2.24, 2.45) is 0 Å². The maximum absolute atomic E-state index is 12.7. The second-order valence-electron chi connectivity index (χ2n) is 8.61. The number of aryl methyl sites for hydroxylation is 1. The van der Waals surface area contributed by atoms with Gasteiger partial charge in [0.15, 0.2) is 0 Å². The molecule has 1 N–H and O–H groups in total. The van der Waals surface area contributed by atoms with Crippen LogP contribution in [0.2, 0.25) is 0 Å². The van der Waals surface area contributed by atoms with Crippen LogP contribution in [0.15, 0.2) is 66.2 Å². The average Bonchev–Trinajstić information content (AvgIpc) is 3.16. The monoisotopic (exact) mass is 416 g/mol. The molecule has 162 valence electrons. The molecule has 0 radical (unpaired) electrons. The van der Waals surface area contributed by atoms with Crippen LogP contribution in [0.3, 0.4) is 0 Å². The zero-order chi connectivity index (χ0) is 21.6. The summed E-state index contributed by atoms with van der Waals surface area (Å²) in [5.41, 5.74) is 4.48. The van der Waals surface area contributed by atoms with Crippen LogP contribution in [0.25, 0.3) is 16.7 Å². The molecule has 1 aliphatic heterocycles. The summed E-state index contributed by atoms with van der Waals surface area (Å²) in [6, 6.07) is 18.7. The Balaban J connectivity index is 1.37. The summed E-state index contributed by atoms with van der Waals surface area (Å²) in [7, 11) is 0. The smallest absolute Gasteiger partial charge is 0.220 e. The van der Waals surface area contributed by atoms with Crippen molar-refractivity contribution >= 4 is 16.9 Å². The standard InChI is InChI=1S/C26H32N4O/c1-20(2)14-17-29-18-15-21(16-19-29)27-26(31)13-12-25-28-23-10-6-7-11-24(23)30(25)22-8-4-3-5-9-22/h3-11,14,21H,12-13,15-19H2,1-2H3,(H,27,31). The molecule has 1 saturated heterocycles. The molecular weight excluding hydrogens is 384 g/mol. The molecule has 1 amide bonds. The van der Waals surface area contributed by atoms with Gasteiger partial charge in [-0.15, -0.1) is 0 Å². The molecule has 0 spiro atoms. The van der Waals surface area contributed by atoms with Crippen molar-refractivity contribution in [3.63, 3.8) is 0 Å². The molecule has 5 heteroatoms. The lowest BCUT2D eigenvalue weighted by Crippen LogP contribution is -2.44. The molecule has 4 rings (SSSR count). The summed E-state index contributed by atoms with van der Waals surface area (Å²) in [5, 5.41) is 3.25. The minimum atomic E-state index is 0.120. The summed E-state index contributed by atoms with van der Waals surface area (Å²) in [5.74, 6) is 1.05. The minimum Gasteiger partial charge on any atom is -0.353 e. The lowest BCUT2D eigenvalue weighted by molar-refractivity contribution is -0.122. The molecule has 5 nitrogen and oxygen atoms in total. The Morgan fingerprint density at radius 1 is 1.06 bits per heavy atom. The van der Waals surface area contributed by atoms with E-state index in [9.17, 15) is 4.79 Å². The molecule has 1 aromatic heterocycles. The first-order valence-corrected chi connectivity index (χ1v) is 11.3. The van der Waals surface area contributed by atoms with Gasteiger partial charge in [-0.25, -0.2) is 4.98 Å². The maximum Gasteiger partial charge on any atom is 0.220 e. The van der Waals surface area contributed by atoms with E-state index in [2.05, 4.69) is 52.9 Å². The van der Waals surface area contributed by atoms with E-state index in [-0.39, 0.29) is 11.9 Å². The number of carbonyl (C=O) groups is 1. The van der Waals surface area contributed by atoms with E-state index in [0.29, 0.717) is 12.8 Å². The molecule has 0 bridgehead atoms. The predicted molar refractivity (Wildman–Crippen MR) is 126 cm³/mol. The van der Waals surface area contributed by atoms with Crippen molar-refractivity contribution in [2.45, 2.75) is 45.6 Å². The van der Waals surface area contributed by atoms with E-state index in [4.69, 9.17) is 4.98 Å². The summed E-state index contributed by atoms with van der Waals surface area (Å²) in [6.07, 6.45) is 5.39. The van der Waals surface area contributed by atoms with Crippen LogP contribution in [-0.4, -0.2) is 46.0 Å². The van der Waals surface area contributed by atoms with E-state index in [0.717, 1.165) is 55.0 Å². The number of amides is 1. The number of para-hydroxylation sites is 3. The Morgan fingerprint density at radius 3 is 2.52 bits per heavy atom. The molecule has 2 heterocycles. The highest BCUT2D eigenvalue weighted by atomic mass is 16.1. The molecule has 2 aromatic carbocycles. The van der Waals surface area contributed by atoms with E-state index in [1.165, 1.54) is 5.57 Å². The zero-order valence-corrected chi connectivity index (χ0v) is 18.6. The molecular formula is C26H32N4O. The maximum atomic E-state index is 12.7. The fourth-order valence-electron chi connectivity index (χ4n) is 4.21. The van der Waals surface area contributed by atoms with E-state index in [1.54, 1.807) is 0 Å². The number of nitrogens with one attached hydrogen (secondary N) is 1. The van der Waals surface area contributed by atoms with Crippen LogP contribution in [0.5, 0.6) is 0 Å². The zero-order valence-electron chi connectivity index (χ0n) is 18.6. The average molecular weight is 417 g/mol. The van der Waals surface area contributed by atoms with Crippen LogP contribution in [0, 0.1) is 0 Å². The predicted octanol–water partition coefficient (Wildman–Crippen LogP) is 4.50. The van der Waals surface area contributed by atoms with Gasteiger partial charge in [0.25, 0.3) is 0 Å². The first kappa shape index (κ1) is 21.3. The van der Waals surface area contributed by atoms with Gasteiger partial charge >= 0.3 is 0 Å². The van der Waals surface area contributed by atoms with E-state index < -0.39 is 0 Å². The van der Waals surface area contributed by atoms with Gasteiger partial charge in [-0.1, -0.05) is 42.0 Å². The van der Waals surface area contributed by atoms with Gasteiger partial charge in [-0.3, -0.25) is 14.3 Å². The molecule has 1 fully saturated rings. The highest BCUT2D eigenvalue weighted by molar-refractivity contribution is 5.79. The quantitative estimate of drug-likeness (QED) is 0.577. The first-order chi connectivity index (χ1) is 15.1. The fourth-order valence-corrected chi connectivity index (χ4v) is 4.21. The van der Waals surface area contributed by atoms with E-state index >= 15 is 0 Å². The van der Waals surface area contributed by atoms with Gasteiger partial charge in [0.05, 0.1) is 11.0 Å². The summed E-state index contributed by atoms with van der Waals surface area (Å²) in [6.45, 7) is 7.37. The van der Waals surface area contributed by atoms with Crippen molar-refractivity contribution in [1.82, 2.24) is 19.8 Å². The molecule has 0 atom stereocenters. The lowest BCUT2D eigenvalue weighted by Gasteiger charge is -2.31. The van der Waals surface area contributed by atoms with Crippen molar-refractivity contribution in [2.75, 3.05) is 19.6 Å². The van der Waals surface area contributed by atoms with Gasteiger partial charge in [0, 0.05) is 44.2 Å². The van der Waals surface area contributed by atoms with Crippen LogP contribution in [0.4, 0.5) is 0 Å². The second kappa shape index (κ2) is 9.92. The Morgan fingerprint density at radius 2 is 1.77 bits per heavy atom. The highest BCUT2D eigenvalue weighted by Gasteiger charge is 2.20. The van der Waals surface area contributed by atoms with Gasteiger partial charge in [0.2, 0.25) is 5.91 Å². The third kappa shape index (κ3) is 5.42. The second-order valence-corrected chi connectivity index (χ2v) is 8.61. The van der Waals surface area contributed by atoms with Crippen LogP contribution in [-0.2, 0) is 11.2 Å². The van der Waals surface area contributed by atoms with Gasteiger partial charge < -0.3 is 5.32 Å². The van der Waals surface area contributed by atoms with Crippen molar-refractivity contribution < 1.29 is 4.79 Å². The number of imidazole rings is 1. The largest absolute Gasteiger partial charge is 0.353 e. The number of rotatable bonds is 7. The number of hydrogen-bond donors (Lipinski definition) is 1. The number of benzene rings is 2. The number of aromatic nitrogens is 2. The Hall–Kier alpha value is -2.92. The Bertz CT molecular complexity index is 1040. The third-order valence-corrected chi connectivity index (χ3v) is 5.93. The van der Waals surface area contributed by atoms with Gasteiger partial charge in [-0.2, -0.15) is 0 Å². The third-order valence-electron chi connectivity index (χ3n) is 5.93.